The Morgan fingerprint density at radius 2 is 2.23 bits per heavy atom. The molecule has 0 saturated heterocycles. The van der Waals surface area contributed by atoms with Crippen LogP contribution in [0, 0.1) is 18.3 Å². The number of rotatable bonds is 1. The van der Waals surface area contributed by atoms with Crippen molar-refractivity contribution in [2.75, 3.05) is 0 Å². The maximum atomic E-state index is 8.41. The number of nitrogens with zero attached hydrogens (tertiary/aromatic N) is 1. The molecule has 0 aliphatic rings. The van der Waals surface area contributed by atoms with E-state index in [2.05, 4.69) is 15.9 Å². The van der Waals surface area contributed by atoms with Gasteiger partial charge in [-0.25, -0.2) is 0 Å². The molecule has 0 bridgehead atoms. The lowest BCUT2D eigenvalue weighted by molar-refractivity contribution is 1.43. The second-order valence-electron chi connectivity index (χ2n) is 2.64. The van der Waals surface area contributed by atoms with Crippen LogP contribution in [-0.4, -0.2) is 0 Å². The van der Waals surface area contributed by atoms with E-state index in [1.54, 1.807) is 0 Å². The van der Waals surface area contributed by atoms with Gasteiger partial charge in [0.05, 0.1) is 11.1 Å². The normalized spacial score (nSPS) is 11.1. The summed E-state index contributed by atoms with van der Waals surface area (Å²) in [5.41, 5.74) is 1.96. The minimum atomic E-state index is 0.465. The van der Waals surface area contributed by atoms with Gasteiger partial charge in [0.1, 0.15) is 0 Å². The zero-order valence-corrected chi connectivity index (χ0v) is 9.35. The van der Waals surface area contributed by atoms with Gasteiger partial charge in [0.25, 0.3) is 0 Å². The lowest BCUT2D eigenvalue weighted by Crippen LogP contribution is -1.80. The third kappa shape index (κ3) is 2.87. The van der Waals surface area contributed by atoms with Gasteiger partial charge in [-0.05, 0) is 30.2 Å². The fourth-order valence-electron chi connectivity index (χ4n) is 1.01. The fourth-order valence-corrected chi connectivity index (χ4v) is 1.78. The van der Waals surface area contributed by atoms with Crippen LogP contribution in [0.1, 0.15) is 11.1 Å². The second-order valence-corrected chi connectivity index (χ2v) is 3.96. The van der Waals surface area contributed by atoms with E-state index in [0.717, 1.165) is 15.6 Å². The largest absolute Gasteiger partial charge is 0.193 e. The van der Waals surface area contributed by atoms with E-state index in [4.69, 9.17) is 16.9 Å². The van der Waals surface area contributed by atoms with Crippen LogP contribution in [0.2, 0.25) is 0 Å². The Kier molecular flexibility index (Phi) is 3.53. The number of benzene rings is 1. The van der Waals surface area contributed by atoms with Crippen LogP contribution in [0.3, 0.4) is 0 Å². The Morgan fingerprint density at radius 1 is 1.54 bits per heavy atom. The maximum absolute atomic E-state index is 8.41. The van der Waals surface area contributed by atoms with E-state index in [9.17, 15) is 0 Å². The maximum Gasteiger partial charge on any atom is 0.0927 e. The molecule has 1 nitrogen and oxygen atoms in total. The van der Waals surface area contributed by atoms with Gasteiger partial charge in [0, 0.05) is 10.5 Å². The van der Waals surface area contributed by atoms with E-state index in [0.29, 0.717) is 5.03 Å². The number of aryl methyl sites for hydroxylation is 1. The van der Waals surface area contributed by atoms with Crippen molar-refractivity contribution in [1.82, 2.24) is 0 Å². The number of halogens is 2. The van der Waals surface area contributed by atoms with Crippen molar-refractivity contribution in [1.29, 1.82) is 5.26 Å². The molecule has 1 aromatic carbocycles. The van der Waals surface area contributed by atoms with Crippen molar-refractivity contribution >= 4 is 32.6 Å². The summed E-state index contributed by atoms with van der Waals surface area (Å²) >= 11 is 9.23. The van der Waals surface area contributed by atoms with E-state index in [1.165, 1.54) is 6.08 Å². The number of allylic oxidation sites excluding steroid dienone is 1. The van der Waals surface area contributed by atoms with E-state index >= 15 is 0 Å². The molecule has 66 valence electrons. The van der Waals surface area contributed by atoms with E-state index in [-0.39, 0.29) is 0 Å². The highest BCUT2D eigenvalue weighted by atomic mass is 79.9. The summed E-state index contributed by atoms with van der Waals surface area (Å²) in [7, 11) is 0. The topological polar surface area (TPSA) is 23.8 Å². The average molecular weight is 257 g/mol. The molecule has 0 aliphatic carbocycles. The van der Waals surface area contributed by atoms with Gasteiger partial charge in [0.15, 0.2) is 0 Å². The molecule has 0 N–H and O–H groups in total. The monoisotopic (exact) mass is 255 g/mol. The summed E-state index contributed by atoms with van der Waals surface area (Å²) in [6, 6.07) is 7.69. The summed E-state index contributed by atoms with van der Waals surface area (Å²) in [6.45, 7) is 1.98. The van der Waals surface area contributed by atoms with Gasteiger partial charge in [-0.15, -0.1) is 0 Å². The minimum Gasteiger partial charge on any atom is -0.193 e. The molecule has 0 aromatic heterocycles. The number of hydrogen-bond acceptors (Lipinski definition) is 1. The molecule has 0 unspecified atom stereocenters. The highest BCUT2D eigenvalue weighted by molar-refractivity contribution is 9.10. The van der Waals surface area contributed by atoms with Gasteiger partial charge in [0.2, 0.25) is 0 Å². The van der Waals surface area contributed by atoms with Gasteiger partial charge >= 0.3 is 0 Å². The lowest BCUT2D eigenvalue weighted by Gasteiger charge is -2.01. The summed E-state index contributed by atoms with van der Waals surface area (Å²) in [5, 5.41) is 8.88. The Morgan fingerprint density at radius 3 is 2.77 bits per heavy atom. The van der Waals surface area contributed by atoms with Gasteiger partial charge in [-0.1, -0.05) is 33.6 Å². The van der Waals surface area contributed by atoms with Crippen LogP contribution in [0.15, 0.2) is 28.7 Å². The third-order valence-corrected chi connectivity index (χ3v) is 2.29. The molecule has 0 fully saturated rings. The molecule has 1 aromatic rings. The summed E-state index contributed by atoms with van der Waals surface area (Å²) in [6.07, 6.45) is 1.32. The van der Waals surface area contributed by atoms with Crippen molar-refractivity contribution in [3.63, 3.8) is 0 Å². The summed E-state index contributed by atoms with van der Waals surface area (Å²) < 4.78 is 0.965. The standard InChI is InChI=1S/C10H7BrClN/c1-7-4-8(6-9(11)5-7)10(12)2-3-13/h2,4-6H,1H3/b10-2-. The molecule has 13 heavy (non-hydrogen) atoms. The quantitative estimate of drug-likeness (QED) is 0.700. The van der Waals surface area contributed by atoms with Gasteiger partial charge < -0.3 is 0 Å². The van der Waals surface area contributed by atoms with Crippen molar-refractivity contribution < 1.29 is 0 Å². The van der Waals surface area contributed by atoms with Crippen LogP contribution in [0.4, 0.5) is 0 Å². The first kappa shape index (κ1) is 10.3. The highest BCUT2D eigenvalue weighted by Crippen LogP contribution is 2.23. The zero-order valence-electron chi connectivity index (χ0n) is 7.01. The first-order valence-corrected chi connectivity index (χ1v) is 4.83. The van der Waals surface area contributed by atoms with Crippen molar-refractivity contribution in [3.05, 3.63) is 39.9 Å². The Labute approximate surface area is 90.8 Å². The molecule has 1 rings (SSSR count). The van der Waals surface area contributed by atoms with Crippen LogP contribution in [-0.2, 0) is 0 Å². The first-order valence-electron chi connectivity index (χ1n) is 3.66. The van der Waals surface area contributed by atoms with Crippen molar-refractivity contribution in [2.45, 2.75) is 6.92 Å². The van der Waals surface area contributed by atoms with E-state index < -0.39 is 0 Å². The first-order chi connectivity index (χ1) is 6.13. The van der Waals surface area contributed by atoms with Crippen molar-refractivity contribution in [2.24, 2.45) is 0 Å². The third-order valence-electron chi connectivity index (χ3n) is 1.51. The smallest absolute Gasteiger partial charge is 0.0927 e. The number of hydrogen-bond donors (Lipinski definition) is 0. The van der Waals surface area contributed by atoms with Crippen LogP contribution in [0.5, 0.6) is 0 Å². The molecular formula is C10H7BrClN. The molecule has 0 radical (unpaired) electrons. The Hall–Kier alpha value is -0.780. The SMILES string of the molecule is Cc1cc(Br)cc(/C(Cl)=C/C#N)c1. The van der Waals surface area contributed by atoms with Crippen molar-refractivity contribution in [3.8, 4) is 6.07 Å². The van der Waals surface area contributed by atoms with Crippen LogP contribution in [0.25, 0.3) is 5.03 Å². The molecule has 3 heteroatoms. The molecule has 0 saturated carbocycles. The fraction of sp³-hybridized carbons (Fsp3) is 0.100. The van der Waals surface area contributed by atoms with Crippen LogP contribution >= 0.6 is 27.5 Å². The highest BCUT2D eigenvalue weighted by Gasteiger charge is 1.99. The Balaban J connectivity index is 3.17. The second kappa shape index (κ2) is 4.45. The molecule has 0 spiro atoms. The zero-order chi connectivity index (χ0) is 9.84. The van der Waals surface area contributed by atoms with Crippen LogP contribution < -0.4 is 0 Å². The summed E-state index contributed by atoms with van der Waals surface area (Å²) in [5.74, 6) is 0. The average Bonchev–Trinajstić information content (AvgIpc) is 2.03. The molecule has 0 aliphatic heterocycles. The Bertz CT molecular complexity index is 370. The van der Waals surface area contributed by atoms with E-state index in [1.807, 2.05) is 31.2 Å². The van der Waals surface area contributed by atoms with Gasteiger partial charge in [-0.2, -0.15) is 5.26 Å². The lowest BCUT2D eigenvalue weighted by atomic mass is 10.1. The summed E-state index contributed by atoms with van der Waals surface area (Å²) in [4.78, 5) is 0. The predicted molar refractivity (Wildman–Crippen MR) is 58.3 cm³/mol. The van der Waals surface area contributed by atoms with Gasteiger partial charge in [-0.3, -0.25) is 0 Å². The minimum absolute atomic E-state index is 0.465. The molecular weight excluding hydrogens is 249 g/mol. The number of nitriles is 1. The predicted octanol–water partition coefficient (Wildman–Crippen LogP) is 3.86. The molecule has 0 amide bonds. The molecule has 0 atom stereocenters. The molecule has 0 heterocycles.